The van der Waals surface area contributed by atoms with Gasteiger partial charge >= 0.3 is 6.09 Å². The van der Waals surface area contributed by atoms with E-state index in [2.05, 4.69) is 0 Å². The molecule has 1 aliphatic heterocycles. The summed E-state index contributed by atoms with van der Waals surface area (Å²) in [5.41, 5.74) is 3.49. The first-order chi connectivity index (χ1) is 18.3. The molecule has 0 saturated heterocycles. The van der Waals surface area contributed by atoms with Gasteiger partial charge in [-0.15, -0.1) is 0 Å². The maximum Gasteiger partial charge on any atom is 0.404 e. The van der Waals surface area contributed by atoms with Gasteiger partial charge in [-0.1, -0.05) is 69.6 Å². The van der Waals surface area contributed by atoms with Gasteiger partial charge in [-0.05, 0) is 17.7 Å². The monoisotopic (exact) mass is 563 g/mol. The van der Waals surface area contributed by atoms with Crippen molar-refractivity contribution in [3.05, 3.63) is 82.1 Å². The number of benzene rings is 3. The average molecular weight is 564 g/mol. The molecule has 0 aliphatic carbocycles. The lowest BCUT2D eigenvalue weighted by atomic mass is 9.68. The molecule has 6 nitrogen and oxygen atoms in total. The molecule has 10 heteroatoms. The van der Waals surface area contributed by atoms with E-state index in [0.717, 1.165) is 12.1 Å². The predicted octanol–water partition coefficient (Wildman–Crippen LogP) is 6.70. The van der Waals surface area contributed by atoms with E-state index < -0.39 is 63.8 Å². The van der Waals surface area contributed by atoms with Crippen molar-refractivity contribution in [2.45, 2.75) is 45.3 Å². The number of halogens is 4. The fourth-order valence-electron chi connectivity index (χ4n) is 5.37. The minimum Gasteiger partial charge on any atom is -0.490 e. The van der Waals surface area contributed by atoms with Gasteiger partial charge in [-0.3, -0.25) is 0 Å². The third kappa shape index (κ3) is 4.89. The maximum absolute atomic E-state index is 15.5. The summed E-state index contributed by atoms with van der Waals surface area (Å²) < 4.78 is 63.1. The third-order valence-corrected chi connectivity index (χ3v) is 7.24. The number of primary amides is 1. The zero-order valence-corrected chi connectivity index (χ0v) is 22.6. The SMILES string of the molecule is CC1c2c(cc(F)c(Cl)c2-c2c(OCCO)ccc(F)c2F)OC1(c1ccccc1)C(OC(N)=O)C(C)(C)C. The Morgan fingerprint density at radius 2 is 1.79 bits per heavy atom. The second kappa shape index (κ2) is 10.6. The Hall–Kier alpha value is -3.43. The van der Waals surface area contributed by atoms with Gasteiger partial charge in [0, 0.05) is 28.5 Å². The van der Waals surface area contributed by atoms with Gasteiger partial charge in [0.1, 0.15) is 23.9 Å². The molecule has 1 aliphatic rings. The van der Waals surface area contributed by atoms with Crippen molar-refractivity contribution in [2.75, 3.05) is 13.2 Å². The quantitative estimate of drug-likeness (QED) is 0.334. The van der Waals surface area contributed by atoms with E-state index in [9.17, 15) is 14.3 Å². The van der Waals surface area contributed by atoms with Crippen molar-refractivity contribution in [2.24, 2.45) is 11.1 Å². The van der Waals surface area contributed by atoms with Crippen molar-refractivity contribution >= 4 is 17.7 Å². The normalized spacial score (nSPS) is 19.3. The van der Waals surface area contributed by atoms with Crippen LogP contribution in [0.5, 0.6) is 11.5 Å². The van der Waals surface area contributed by atoms with Crippen molar-refractivity contribution < 1.29 is 37.3 Å². The summed E-state index contributed by atoms with van der Waals surface area (Å²) in [6.07, 6.45) is -2.07. The van der Waals surface area contributed by atoms with Crippen LogP contribution in [-0.2, 0) is 10.3 Å². The highest BCUT2D eigenvalue weighted by Gasteiger charge is 2.59. The Labute approximate surface area is 229 Å². The van der Waals surface area contributed by atoms with E-state index >= 15 is 8.78 Å². The molecule has 0 saturated carbocycles. The molecule has 39 heavy (non-hydrogen) atoms. The Balaban J connectivity index is 2.08. The van der Waals surface area contributed by atoms with Crippen LogP contribution in [0, 0.1) is 22.9 Å². The number of amides is 1. The number of aliphatic hydroxyl groups is 1. The number of carbonyl (C=O) groups excluding carboxylic acids is 1. The molecule has 4 rings (SSSR count). The van der Waals surface area contributed by atoms with Gasteiger partial charge in [-0.2, -0.15) is 0 Å². The number of ether oxygens (including phenoxy) is 3. The van der Waals surface area contributed by atoms with Crippen molar-refractivity contribution in [3.63, 3.8) is 0 Å². The predicted molar refractivity (Wildman–Crippen MR) is 140 cm³/mol. The highest BCUT2D eigenvalue weighted by atomic mass is 35.5. The molecule has 0 bridgehead atoms. The second-order valence-electron chi connectivity index (χ2n) is 10.4. The Bertz CT molecular complexity index is 1400. The van der Waals surface area contributed by atoms with Gasteiger partial charge in [0.05, 0.1) is 17.2 Å². The molecule has 3 aromatic carbocycles. The van der Waals surface area contributed by atoms with E-state index in [4.69, 9.17) is 31.5 Å². The highest BCUT2D eigenvalue weighted by molar-refractivity contribution is 6.34. The summed E-state index contributed by atoms with van der Waals surface area (Å²) >= 11 is 6.47. The summed E-state index contributed by atoms with van der Waals surface area (Å²) in [6.45, 7) is 6.59. The molecule has 0 fully saturated rings. The molecule has 3 atom stereocenters. The summed E-state index contributed by atoms with van der Waals surface area (Å²) in [7, 11) is 0. The van der Waals surface area contributed by atoms with Crippen molar-refractivity contribution in [1.29, 1.82) is 0 Å². The molecule has 0 spiro atoms. The van der Waals surface area contributed by atoms with Crippen LogP contribution in [0.2, 0.25) is 5.02 Å². The Kier molecular flexibility index (Phi) is 7.78. The molecular formula is C29H29ClF3NO5. The van der Waals surface area contributed by atoms with E-state index in [1.807, 2.05) is 20.8 Å². The van der Waals surface area contributed by atoms with Crippen LogP contribution in [0.15, 0.2) is 48.5 Å². The second-order valence-corrected chi connectivity index (χ2v) is 10.8. The molecule has 3 unspecified atom stereocenters. The van der Waals surface area contributed by atoms with Gasteiger partial charge < -0.3 is 25.1 Å². The van der Waals surface area contributed by atoms with Gasteiger partial charge in [-0.25, -0.2) is 18.0 Å². The first-order valence-electron chi connectivity index (χ1n) is 12.3. The van der Waals surface area contributed by atoms with E-state index in [1.165, 1.54) is 6.07 Å². The molecule has 1 amide bonds. The zero-order valence-electron chi connectivity index (χ0n) is 21.9. The summed E-state index contributed by atoms with van der Waals surface area (Å²) in [5.74, 6) is -4.38. The lowest BCUT2D eigenvalue weighted by molar-refractivity contribution is -0.111. The number of rotatable bonds is 7. The summed E-state index contributed by atoms with van der Waals surface area (Å²) in [6, 6.07) is 12.0. The smallest absolute Gasteiger partial charge is 0.404 e. The average Bonchev–Trinajstić information content (AvgIpc) is 3.16. The van der Waals surface area contributed by atoms with Crippen molar-refractivity contribution in [3.8, 4) is 22.6 Å². The molecule has 3 N–H and O–H groups in total. The lowest BCUT2D eigenvalue weighted by Gasteiger charge is -2.45. The minimum absolute atomic E-state index is 0.00217. The van der Waals surface area contributed by atoms with E-state index in [1.54, 1.807) is 37.3 Å². The standard InChI is InChI=1S/C29H29ClF3NO5/c1-15-21-20(39-29(15,16-8-6-5-7-9-16)26(28(2,3)4)38-27(34)36)14-18(32)24(30)23(21)22-19(37-13-12-35)11-10-17(31)25(22)33/h5-11,14-15,26,35H,12-13H2,1-4H3,(H2,34,36). The van der Waals surface area contributed by atoms with Crippen LogP contribution in [0.4, 0.5) is 18.0 Å². The minimum atomic E-state index is -1.47. The number of hydrogen-bond acceptors (Lipinski definition) is 5. The van der Waals surface area contributed by atoms with Crippen LogP contribution < -0.4 is 15.2 Å². The molecule has 0 radical (unpaired) electrons. The van der Waals surface area contributed by atoms with E-state index in [0.29, 0.717) is 5.56 Å². The van der Waals surface area contributed by atoms with Crippen molar-refractivity contribution in [1.82, 2.24) is 0 Å². The fraction of sp³-hybridized carbons (Fsp3) is 0.345. The largest absolute Gasteiger partial charge is 0.490 e. The van der Waals surface area contributed by atoms with Gasteiger partial charge in [0.2, 0.25) is 0 Å². The zero-order chi connectivity index (χ0) is 28.7. The fourth-order valence-corrected chi connectivity index (χ4v) is 5.62. The van der Waals surface area contributed by atoms with Crippen LogP contribution in [0.25, 0.3) is 11.1 Å². The molecule has 208 valence electrons. The van der Waals surface area contributed by atoms with Crippen LogP contribution in [0.3, 0.4) is 0 Å². The van der Waals surface area contributed by atoms with Crippen LogP contribution in [0.1, 0.15) is 44.7 Å². The number of aliphatic hydroxyl groups excluding tert-OH is 1. The number of carbonyl (C=O) groups is 1. The first kappa shape index (κ1) is 28.6. The van der Waals surface area contributed by atoms with Crippen LogP contribution in [-0.4, -0.2) is 30.5 Å². The highest BCUT2D eigenvalue weighted by Crippen LogP contribution is 2.60. The van der Waals surface area contributed by atoms with E-state index in [-0.39, 0.29) is 29.2 Å². The number of hydrogen-bond donors (Lipinski definition) is 2. The lowest BCUT2D eigenvalue weighted by Crippen LogP contribution is -2.54. The van der Waals surface area contributed by atoms with Gasteiger partial charge in [0.25, 0.3) is 0 Å². The Morgan fingerprint density at radius 1 is 1.13 bits per heavy atom. The van der Waals surface area contributed by atoms with Gasteiger partial charge in [0.15, 0.2) is 23.3 Å². The topological polar surface area (TPSA) is 91.0 Å². The number of fused-ring (bicyclic) bond motifs is 1. The first-order valence-corrected chi connectivity index (χ1v) is 12.7. The van der Waals surface area contributed by atoms with Crippen LogP contribution >= 0.6 is 11.6 Å². The Morgan fingerprint density at radius 3 is 2.38 bits per heavy atom. The maximum atomic E-state index is 15.5. The molecular weight excluding hydrogens is 535 g/mol. The molecule has 1 heterocycles. The third-order valence-electron chi connectivity index (χ3n) is 6.87. The molecule has 3 aromatic rings. The molecule has 0 aromatic heterocycles. The number of nitrogens with two attached hydrogens (primary N) is 1. The summed E-state index contributed by atoms with van der Waals surface area (Å²) in [5, 5.41) is 8.78. The summed E-state index contributed by atoms with van der Waals surface area (Å²) in [4.78, 5) is 12.1.